The van der Waals surface area contributed by atoms with Crippen LogP contribution in [0, 0.1) is 10.1 Å². The van der Waals surface area contributed by atoms with Crippen LogP contribution >= 0.6 is 15.9 Å². The molecular formula is C16H14BrN5O6. The molecule has 12 heteroatoms. The van der Waals surface area contributed by atoms with Gasteiger partial charge in [-0.15, -0.1) is 0 Å². The van der Waals surface area contributed by atoms with Gasteiger partial charge in [0.15, 0.2) is 5.58 Å². The van der Waals surface area contributed by atoms with E-state index in [0.717, 1.165) is 0 Å². The fourth-order valence-corrected chi connectivity index (χ4v) is 2.88. The average molecular weight is 452 g/mol. The molecule has 0 bridgehead atoms. The van der Waals surface area contributed by atoms with Crippen LogP contribution in [0.4, 0.5) is 5.69 Å². The molecule has 0 aliphatic heterocycles. The number of non-ortho nitro benzene ring substituents is 1. The van der Waals surface area contributed by atoms with Gasteiger partial charge < -0.3 is 9.40 Å². The predicted octanol–water partition coefficient (Wildman–Crippen LogP) is 1.83. The molecule has 11 nitrogen and oxygen atoms in total. The Balaban J connectivity index is 1.54. The highest BCUT2D eigenvalue weighted by molar-refractivity contribution is 9.10. The van der Waals surface area contributed by atoms with E-state index in [1.807, 2.05) is 0 Å². The molecule has 146 valence electrons. The monoisotopic (exact) mass is 451 g/mol. The smallest absolute Gasteiger partial charge is 0.407 e. The lowest BCUT2D eigenvalue weighted by Gasteiger charge is -2.06. The Morgan fingerprint density at radius 3 is 2.75 bits per heavy atom. The molecule has 0 fully saturated rings. The number of hydrogen-bond acceptors (Lipinski definition) is 6. The summed E-state index contributed by atoms with van der Waals surface area (Å²) in [7, 11) is 0. The van der Waals surface area contributed by atoms with Gasteiger partial charge in [-0.2, -0.15) is 0 Å². The van der Waals surface area contributed by atoms with Crippen molar-refractivity contribution in [3.63, 3.8) is 0 Å². The molecule has 1 aromatic carbocycles. The number of benzene rings is 1. The molecule has 0 aliphatic rings. The molecule has 0 spiro atoms. The minimum atomic E-state index is -0.665. The number of amides is 2. The predicted molar refractivity (Wildman–Crippen MR) is 100 cm³/mol. The number of halogens is 1. The lowest BCUT2D eigenvalue weighted by atomic mass is 10.2. The van der Waals surface area contributed by atoms with E-state index in [4.69, 9.17) is 4.42 Å². The number of aryl methyl sites for hydroxylation is 1. The van der Waals surface area contributed by atoms with Crippen LogP contribution in [-0.2, 0) is 11.3 Å². The first-order valence-corrected chi connectivity index (χ1v) is 8.85. The number of fused-ring (bicyclic) bond motifs is 1. The number of oxazole rings is 1. The first kappa shape index (κ1) is 19.4. The van der Waals surface area contributed by atoms with Crippen molar-refractivity contribution in [2.75, 3.05) is 0 Å². The lowest BCUT2D eigenvalue weighted by molar-refractivity contribution is -0.384. The van der Waals surface area contributed by atoms with Crippen LogP contribution < -0.4 is 16.6 Å². The molecule has 0 saturated heterocycles. The zero-order valence-corrected chi connectivity index (χ0v) is 15.8. The van der Waals surface area contributed by atoms with Crippen LogP contribution in [-0.4, -0.2) is 26.3 Å². The zero-order valence-electron chi connectivity index (χ0n) is 14.2. The van der Waals surface area contributed by atoms with Gasteiger partial charge in [-0.05, 0) is 34.5 Å². The van der Waals surface area contributed by atoms with Gasteiger partial charge in [0.05, 0.1) is 16.5 Å². The Kier molecular flexibility index (Phi) is 5.59. The van der Waals surface area contributed by atoms with Gasteiger partial charge in [0.25, 0.3) is 11.6 Å². The van der Waals surface area contributed by atoms with Gasteiger partial charge in [-0.25, -0.2) is 4.79 Å². The standard InChI is InChI=1S/C16H14BrN5O6/c17-9-6-11(18-8-9)15(24)20-19-14(23)2-1-5-21-12-4-3-10(22(26)27)7-13(12)28-16(21)25/h3-4,6-8,18H,1-2,5H2,(H,19,23)(H,20,24). The summed E-state index contributed by atoms with van der Waals surface area (Å²) in [4.78, 5) is 48.5. The number of nitro benzene ring substituents is 1. The molecule has 3 aromatic rings. The van der Waals surface area contributed by atoms with Gasteiger partial charge in [0, 0.05) is 29.7 Å². The second-order valence-corrected chi connectivity index (χ2v) is 6.68. The minimum absolute atomic E-state index is 0.0425. The van der Waals surface area contributed by atoms with E-state index in [-0.39, 0.29) is 29.9 Å². The number of H-pyrrole nitrogens is 1. The second-order valence-electron chi connectivity index (χ2n) is 5.77. The van der Waals surface area contributed by atoms with Crippen molar-refractivity contribution in [2.24, 2.45) is 0 Å². The molecular weight excluding hydrogens is 438 g/mol. The van der Waals surface area contributed by atoms with E-state index in [1.165, 1.54) is 22.8 Å². The normalized spacial score (nSPS) is 10.8. The lowest BCUT2D eigenvalue weighted by Crippen LogP contribution is -2.41. The Morgan fingerprint density at radius 2 is 2.07 bits per heavy atom. The van der Waals surface area contributed by atoms with Crippen LogP contribution in [0.1, 0.15) is 23.3 Å². The quantitative estimate of drug-likeness (QED) is 0.383. The number of nitro groups is 1. The highest BCUT2D eigenvalue weighted by Crippen LogP contribution is 2.20. The van der Waals surface area contributed by atoms with Crippen molar-refractivity contribution >= 4 is 44.5 Å². The number of hydrogen-bond donors (Lipinski definition) is 3. The van der Waals surface area contributed by atoms with Crippen LogP contribution in [0.2, 0.25) is 0 Å². The Morgan fingerprint density at radius 1 is 1.29 bits per heavy atom. The van der Waals surface area contributed by atoms with Crippen molar-refractivity contribution in [3.8, 4) is 0 Å². The summed E-state index contributed by atoms with van der Waals surface area (Å²) in [6.07, 6.45) is 1.92. The van der Waals surface area contributed by atoms with Gasteiger partial charge in [-0.1, -0.05) is 0 Å². The molecule has 28 heavy (non-hydrogen) atoms. The van der Waals surface area contributed by atoms with Crippen LogP contribution in [0.25, 0.3) is 11.1 Å². The molecule has 0 unspecified atom stereocenters. The van der Waals surface area contributed by atoms with Crippen molar-refractivity contribution in [3.05, 3.63) is 61.3 Å². The van der Waals surface area contributed by atoms with Crippen molar-refractivity contribution in [1.82, 2.24) is 20.4 Å². The molecule has 0 aliphatic carbocycles. The largest absolute Gasteiger partial charge is 0.419 e. The Bertz CT molecular complexity index is 1110. The van der Waals surface area contributed by atoms with E-state index < -0.39 is 22.5 Å². The summed E-state index contributed by atoms with van der Waals surface area (Å²) < 4.78 is 7.01. The van der Waals surface area contributed by atoms with Crippen LogP contribution in [0.5, 0.6) is 0 Å². The maximum absolute atomic E-state index is 11.9. The first-order chi connectivity index (χ1) is 13.3. The highest BCUT2D eigenvalue weighted by Gasteiger charge is 2.14. The van der Waals surface area contributed by atoms with E-state index in [2.05, 4.69) is 31.8 Å². The number of carbonyl (C=O) groups is 2. The summed E-state index contributed by atoms with van der Waals surface area (Å²) in [5.41, 5.74) is 5.16. The van der Waals surface area contributed by atoms with Crippen molar-refractivity contribution in [2.45, 2.75) is 19.4 Å². The third-order valence-electron chi connectivity index (χ3n) is 3.86. The minimum Gasteiger partial charge on any atom is -0.407 e. The molecule has 0 saturated carbocycles. The van der Waals surface area contributed by atoms with E-state index >= 15 is 0 Å². The third-order valence-corrected chi connectivity index (χ3v) is 4.31. The van der Waals surface area contributed by atoms with E-state index in [9.17, 15) is 24.5 Å². The molecule has 2 aromatic heterocycles. The van der Waals surface area contributed by atoms with Gasteiger partial charge in [0.2, 0.25) is 5.91 Å². The van der Waals surface area contributed by atoms with Gasteiger partial charge in [-0.3, -0.25) is 35.1 Å². The second kappa shape index (κ2) is 8.08. The number of hydrazine groups is 1. The fourth-order valence-electron chi connectivity index (χ4n) is 2.53. The molecule has 3 N–H and O–H groups in total. The Labute approximate surface area is 165 Å². The Hall–Kier alpha value is -3.41. The zero-order chi connectivity index (χ0) is 20.3. The number of carbonyl (C=O) groups excluding carboxylic acids is 2. The molecule has 2 amide bonds. The summed E-state index contributed by atoms with van der Waals surface area (Å²) >= 11 is 3.20. The third kappa shape index (κ3) is 4.28. The molecule has 0 atom stereocenters. The SMILES string of the molecule is O=C(CCCn1c(=O)oc2cc([N+](=O)[O-])ccc21)NNC(=O)c1cc(Br)c[nH]1. The number of nitrogens with zero attached hydrogens (tertiary/aromatic N) is 2. The summed E-state index contributed by atoms with van der Waals surface area (Å²) in [5.74, 6) is -1.60. The molecule has 0 radical (unpaired) electrons. The van der Waals surface area contributed by atoms with E-state index in [0.29, 0.717) is 16.4 Å². The average Bonchev–Trinajstić information content (AvgIpc) is 3.22. The summed E-state index contributed by atoms with van der Waals surface area (Å²) in [6.45, 7) is 0.175. The molecule has 3 rings (SSSR count). The van der Waals surface area contributed by atoms with Gasteiger partial charge >= 0.3 is 5.76 Å². The first-order valence-electron chi connectivity index (χ1n) is 8.06. The fraction of sp³-hybridized carbons (Fsp3) is 0.188. The number of rotatable bonds is 6. The summed E-state index contributed by atoms with van der Waals surface area (Å²) in [6, 6.07) is 5.43. The number of nitrogens with one attached hydrogen (secondary N) is 3. The topological polar surface area (TPSA) is 152 Å². The maximum Gasteiger partial charge on any atom is 0.419 e. The highest BCUT2D eigenvalue weighted by atomic mass is 79.9. The number of aromatic amines is 1. The van der Waals surface area contributed by atoms with Crippen LogP contribution in [0.3, 0.4) is 0 Å². The number of aromatic nitrogens is 2. The van der Waals surface area contributed by atoms with Crippen LogP contribution in [0.15, 0.2) is 44.1 Å². The van der Waals surface area contributed by atoms with Crippen molar-refractivity contribution < 1.29 is 18.9 Å². The molecule has 2 heterocycles. The van der Waals surface area contributed by atoms with E-state index in [1.54, 1.807) is 12.3 Å². The summed E-state index contributed by atoms with van der Waals surface area (Å²) in [5, 5.41) is 10.8. The van der Waals surface area contributed by atoms with Gasteiger partial charge in [0.1, 0.15) is 5.69 Å². The maximum atomic E-state index is 11.9. The van der Waals surface area contributed by atoms with Crippen molar-refractivity contribution in [1.29, 1.82) is 0 Å².